The normalized spacial score (nSPS) is 11.8. The third kappa shape index (κ3) is 3.65. The molecule has 0 aliphatic carbocycles. The zero-order valence-electron chi connectivity index (χ0n) is 15.5. The van der Waals surface area contributed by atoms with E-state index < -0.39 is 12.1 Å². The van der Waals surface area contributed by atoms with Crippen LogP contribution >= 0.6 is 0 Å². The first-order valence-corrected chi connectivity index (χ1v) is 8.62. The molecule has 0 N–H and O–H groups in total. The van der Waals surface area contributed by atoms with Crippen molar-refractivity contribution in [3.8, 4) is 11.5 Å². The quantitative estimate of drug-likeness (QED) is 0.618. The van der Waals surface area contributed by atoms with Crippen LogP contribution in [0.2, 0.25) is 0 Å². The molecule has 140 valence electrons. The van der Waals surface area contributed by atoms with Crippen molar-refractivity contribution in [2.45, 2.75) is 19.4 Å². The minimum Gasteiger partial charge on any atom is -0.497 e. The summed E-state index contributed by atoms with van der Waals surface area (Å²) in [6.45, 7) is 1.87. The number of carbonyl (C=O) groups excluding carboxylic acids is 2. The molecule has 1 aromatic heterocycles. The molecule has 0 aliphatic rings. The molecule has 1 heterocycles. The summed E-state index contributed by atoms with van der Waals surface area (Å²) < 4.78 is 17.3. The Balaban J connectivity index is 1.94. The number of nitrogens with zero attached hydrogens (tertiary/aromatic N) is 1. The molecule has 0 saturated carbocycles. The van der Waals surface area contributed by atoms with Crippen LogP contribution in [0.15, 0.2) is 54.7 Å². The van der Waals surface area contributed by atoms with Crippen molar-refractivity contribution in [3.63, 3.8) is 0 Å². The summed E-state index contributed by atoms with van der Waals surface area (Å²) in [5.41, 5.74) is 0.987. The number of para-hydroxylation sites is 1. The molecular weight excluding hydrogens is 346 g/mol. The fourth-order valence-electron chi connectivity index (χ4n) is 2.92. The molecule has 0 fully saturated rings. The molecule has 0 bridgehead atoms. The Morgan fingerprint density at radius 3 is 2.30 bits per heavy atom. The zero-order valence-corrected chi connectivity index (χ0v) is 15.5. The Bertz CT molecular complexity index is 958. The van der Waals surface area contributed by atoms with Gasteiger partial charge in [0, 0.05) is 11.6 Å². The third-order valence-electron chi connectivity index (χ3n) is 4.34. The highest BCUT2D eigenvalue weighted by molar-refractivity contribution is 6.07. The van der Waals surface area contributed by atoms with Gasteiger partial charge in [0.25, 0.3) is 5.91 Å². The Labute approximate surface area is 157 Å². The van der Waals surface area contributed by atoms with Gasteiger partial charge in [0.1, 0.15) is 11.5 Å². The van der Waals surface area contributed by atoms with E-state index in [0.717, 1.165) is 0 Å². The summed E-state index contributed by atoms with van der Waals surface area (Å²) >= 11 is 0. The molecule has 27 heavy (non-hydrogen) atoms. The highest BCUT2D eigenvalue weighted by Crippen LogP contribution is 2.24. The number of benzene rings is 2. The number of carbonyl (C=O) groups is 2. The number of hydrogen-bond donors (Lipinski definition) is 0. The Kier molecular flexibility index (Phi) is 5.45. The van der Waals surface area contributed by atoms with Gasteiger partial charge in [0.15, 0.2) is 6.10 Å². The molecule has 2 aromatic carbocycles. The lowest BCUT2D eigenvalue weighted by atomic mass is 10.2. The monoisotopic (exact) mass is 367 g/mol. The molecule has 3 rings (SSSR count). The van der Waals surface area contributed by atoms with Crippen molar-refractivity contribution >= 4 is 22.8 Å². The lowest BCUT2D eigenvalue weighted by molar-refractivity contribution is 0.0602. The van der Waals surface area contributed by atoms with Crippen molar-refractivity contribution < 1.29 is 23.8 Å². The fraction of sp³-hybridized carbons (Fsp3) is 0.238. The van der Waals surface area contributed by atoms with Crippen LogP contribution < -0.4 is 9.47 Å². The SMILES string of the molecule is CCC(Oc1ccc(OC)cc1)C(=O)n1cc(C(=O)OC)c2ccccc21. The molecule has 6 nitrogen and oxygen atoms in total. The first-order chi connectivity index (χ1) is 13.1. The standard InChI is InChI=1S/C21H21NO5/c1-4-19(27-15-11-9-14(25-2)10-12-15)20(23)22-13-17(21(24)26-3)16-7-5-6-8-18(16)22/h5-13,19H,4H2,1-3H3. The van der Waals surface area contributed by atoms with Gasteiger partial charge in [-0.1, -0.05) is 25.1 Å². The van der Waals surface area contributed by atoms with Crippen LogP contribution in [0.25, 0.3) is 10.9 Å². The van der Waals surface area contributed by atoms with Crippen LogP contribution in [0, 0.1) is 0 Å². The van der Waals surface area contributed by atoms with E-state index in [2.05, 4.69) is 0 Å². The first-order valence-electron chi connectivity index (χ1n) is 8.62. The van der Waals surface area contributed by atoms with Crippen LogP contribution in [-0.4, -0.2) is 36.8 Å². The molecule has 1 atom stereocenters. The van der Waals surface area contributed by atoms with Gasteiger partial charge < -0.3 is 14.2 Å². The van der Waals surface area contributed by atoms with Crippen LogP contribution in [0.3, 0.4) is 0 Å². The number of methoxy groups -OCH3 is 2. The highest BCUT2D eigenvalue weighted by Gasteiger charge is 2.25. The maximum atomic E-state index is 13.1. The maximum absolute atomic E-state index is 13.1. The van der Waals surface area contributed by atoms with E-state index in [1.54, 1.807) is 43.5 Å². The molecule has 3 aromatic rings. The molecule has 1 unspecified atom stereocenters. The molecule has 0 saturated heterocycles. The van der Waals surface area contributed by atoms with Crippen molar-refractivity contribution in [2.24, 2.45) is 0 Å². The van der Waals surface area contributed by atoms with E-state index >= 15 is 0 Å². The van der Waals surface area contributed by atoms with E-state index in [-0.39, 0.29) is 5.91 Å². The highest BCUT2D eigenvalue weighted by atomic mass is 16.5. The van der Waals surface area contributed by atoms with E-state index in [9.17, 15) is 9.59 Å². The van der Waals surface area contributed by atoms with Crippen molar-refractivity contribution in [1.29, 1.82) is 0 Å². The van der Waals surface area contributed by atoms with E-state index in [1.165, 1.54) is 17.9 Å². The predicted molar refractivity (Wildman–Crippen MR) is 102 cm³/mol. The van der Waals surface area contributed by atoms with Crippen LogP contribution in [0.4, 0.5) is 0 Å². The molecule has 6 heteroatoms. The number of fused-ring (bicyclic) bond motifs is 1. The van der Waals surface area contributed by atoms with E-state index in [0.29, 0.717) is 34.4 Å². The van der Waals surface area contributed by atoms with Gasteiger partial charge in [-0.2, -0.15) is 0 Å². The summed E-state index contributed by atoms with van der Waals surface area (Å²) in [7, 11) is 2.90. The second kappa shape index (κ2) is 7.95. The lowest BCUT2D eigenvalue weighted by Gasteiger charge is -2.17. The van der Waals surface area contributed by atoms with Gasteiger partial charge in [-0.05, 0) is 36.8 Å². The molecule has 0 amide bonds. The Morgan fingerprint density at radius 2 is 1.67 bits per heavy atom. The number of esters is 1. The average Bonchev–Trinajstić information content (AvgIpc) is 3.11. The minimum atomic E-state index is -0.695. The predicted octanol–water partition coefficient (Wildman–Crippen LogP) is 3.93. The third-order valence-corrected chi connectivity index (χ3v) is 4.34. The van der Waals surface area contributed by atoms with Gasteiger partial charge >= 0.3 is 5.97 Å². The lowest BCUT2D eigenvalue weighted by Crippen LogP contribution is -2.31. The van der Waals surface area contributed by atoms with E-state index in [4.69, 9.17) is 14.2 Å². The summed E-state index contributed by atoms with van der Waals surface area (Å²) in [4.78, 5) is 25.2. The van der Waals surface area contributed by atoms with Gasteiger partial charge in [0.2, 0.25) is 0 Å². The number of ether oxygens (including phenoxy) is 3. The van der Waals surface area contributed by atoms with E-state index in [1.807, 2.05) is 19.1 Å². The fourth-order valence-corrected chi connectivity index (χ4v) is 2.92. The first kappa shape index (κ1) is 18.5. The number of hydrogen-bond acceptors (Lipinski definition) is 5. The van der Waals surface area contributed by atoms with Crippen LogP contribution in [-0.2, 0) is 4.74 Å². The van der Waals surface area contributed by atoms with Crippen molar-refractivity contribution in [1.82, 2.24) is 4.57 Å². The zero-order chi connectivity index (χ0) is 19.4. The Hall–Kier alpha value is -3.28. The van der Waals surface area contributed by atoms with Crippen molar-refractivity contribution in [2.75, 3.05) is 14.2 Å². The Morgan fingerprint density at radius 1 is 1.00 bits per heavy atom. The second-order valence-electron chi connectivity index (χ2n) is 5.95. The maximum Gasteiger partial charge on any atom is 0.340 e. The summed E-state index contributed by atoms with van der Waals surface area (Å²) in [6.07, 6.45) is 1.30. The number of rotatable bonds is 6. The van der Waals surface area contributed by atoms with Gasteiger partial charge in [-0.15, -0.1) is 0 Å². The van der Waals surface area contributed by atoms with Gasteiger partial charge in [0.05, 0.1) is 25.3 Å². The summed E-state index contributed by atoms with van der Waals surface area (Å²) in [5.74, 6) is 0.544. The van der Waals surface area contributed by atoms with Gasteiger partial charge in [-0.25, -0.2) is 4.79 Å². The molecule has 0 aliphatic heterocycles. The second-order valence-corrected chi connectivity index (χ2v) is 5.95. The minimum absolute atomic E-state index is 0.250. The summed E-state index contributed by atoms with van der Waals surface area (Å²) in [6, 6.07) is 14.3. The molecule has 0 radical (unpaired) electrons. The topological polar surface area (TPSA) is 66.8 Å². The molecule has 0 spiro atoms. The average molecular weight is 367 g/mol. The smallest absolute Gasteiger partial charge is 0.340 e. The van der Waals surface area contributed by atoms with Crippen molar-refractivity contribution in [3.05, 3.63) is 60.3 Å². The summed E-state index contributed by atoms with van der Waals surface area (Å²) in [5, 5.41) is 0.664. The van der Waals surface area contributed by atoms with Crippen LogP contribution in [0.5, 0.6) is 11.5 Å². The van der Waals surface area contributed by atoms with Gasteiger partial charge in [-0.3, -0.25) is 9.36 Å². The van der Waals surface area contributed by atoms with Crippen LogP contribution in [0.1, 0.15) is 28.5 Å². The molecular formula is C21H21NO5. The number of aromatic nitrogens is 1. The largest absolute Gasteiger partial charge is 0.497 e.